The van der Waals surface area contributed by atoms with E-state index in [1.165, 1.54) is 0 Å². The van der Waals surface area contributed by atoms with Gasteiger partial charge in [-0.2, -0.15) is 0 Å². The van der Waals surface area contributed by atoms with Gasteiger partial charge in [0, 0.05) is 34.5 Å². The van der Waals surface area contributed by atoms with Crippen LogP contribution in [-0.2, 0) is 10.8 Å². The Labute approximate surface area is 110 Å². The maximum Gasteiger partial charge on any atom is 0.320 e. The number of hydrogen-bond acceptors (Lipinski definition) is 3. The van der Waals surface area contributed by atoms with Gasteiger partial charge in [-0.3, -0.25) is 9.53 Å². The first-order valence-electron chi connectivity index (χ1n) is 5.80. The zero-order valence-corrected chi connectivity index (χ0v) is 11.7. The fraction of sp³-hybridized carbons (Fsp3) is 0.500. The van der Waals surface area contributed by atoms with E-state index < -0.39 is 10.8 Å². The Morgan fingerprint density at radius 2 is 2.22 bits per heavy atom. The van der Waals surface area contributed by atoms with E-state index >= 15 is 0 Å². The van der Waals surface area contributed by atoms with Gasteiger partial charge in [-0.05, 0) is 25.5 Å². The number of urea groups is 1. The van der Waals surface area contributed by atoms with Crippen molar-refractivity contribution in [2.45, 2.75) is 25.5 Å². The molecule has 0 bridgehead atoms. The van der Waals surface area contributed by atoms with Crippen LogP contribution in [0.25, 0.3) is 0 Å². The highest BCUT2D eigenvalue weighted by atomic mass is 32.2. The summed E-state index contributed by atoms with van der Waals surface area (Å²) in [5, 5.41) is 5.45. The van der Waals surface area contributed by atoms with Crippen LogP contribution in [-0.4, -0.2) is 33.3 Å². The molecule has 0 fully saturated rings. The van der Waals surface area contributed by atoms with Crippen molar-refractivity contribution in [3.05, 3.63) is 23.9 Å². The van der Waals surface area contributed by atoms with Crippen LogP contribution in [0.5, 0.6) is 0 Å². The van der Waals surface area contributed by atoms with Crippen molar-refractivity contribution in [1.29, 1.82) is 0 Å². The number of carbonyl (C=O) groups is 1. The van der Waals surface area contributed by atoms with E-state index in [1.54, 1.807) is 12.3 Å². The van der Waals surface area contributed by atoms with Gasteiger partial charge in [0.05, 0.1) is 0 Å². The summed E-state index contributed by atoms with van der Waals surface area (Å²) in [6, 6.07) is 5.14. The molecule has 2 amide bonds. The average Bonchev–Trinajstić information content (AvgIpc) is 2.28. The third-order valence-corrected chi connectivity index (χ3v) is 3.90. The van der Waals surface area contributed by atoms with Gasteiger partial charge in [-0.15, -0.1) is 0 Å². The van der Waals surface area contributed by atoms with Crippen molar-refractivity contribution in [1.82, 2.24) is 10.3 Å². The second-order valence-corrected chi connectivity index (χ2v) is 5.94. The van der Waals surface area contributed by atoms with Crippen molar-refractivity contribution >= 4 is 22.6 Å². The first-order chi connectivity index (χ1) is 8.49. The van der Waals surface area contributed by atoms with Gasteiger partial charge < -0.3 is 5.32 Å². The second-order valence-electron chi connectivity index (χ2n) is 4.14. The lowest BCUT2D eigenvalue weighted by Crippen LogP contribution is -2.31. The molecule has 0 unspecified atom stereocenters. The van der Waals surface area contributed by atoms with E-state index in [1.807, 2.05) is 26.0 Å². The van der Waals surface area contributed by atoms with Crippen molar-refractivity contribution < 1.29 is 9.00 Å². The van der Waals surface area contributed by atoms with Crippen LogP contribution in [0.1, 0.15) is 19.0 Å². The minimum absolute atomic E-state index is 0.0856. The Morgan fingerprint density at radius 3 is 2.83 bits per heavy atom. The molecule has 0 spiro atoms. The normalized spacial score (nSPS) is 13.7. The van der Waals surface area contributed by atoms with Gasteiger partial charge in [-0.25, -0.2) is 9.78 Å². The summed E-state index contributed by atoms with van der Waals surface area (Å²) in [4.78, 5) is 15.7. The molecular weight excluding hydrogens is 250 g/mol. The predicted molar refractivity (Wildman–Crippen MR) is 74.1 cm³/mol. The van der Waals surface area contributed by atoms with Gasteiger partial charge in [-0.1, -0.05) is 13.0 Å². The summed E-state index contributed by atoms with van der Waals surface area (Å²) in [5.41, 5.74) is 0.850. The third-order valence-electron chi connectivity index (χ3n) is 2.53. The molecule has 1 rings (SSSR count). The molecule has 6 heteroatoms. The van der Waals surface area contributed by atoms with Crippen LogP contribution in [0.3, 0.4) is 0 Å². The van der Waals surface area contributed by atoms with Crippen LogP contribution in [0.2, 0.25) is 0 Å². The average molecular weight is 269 g/mol. The minimum atomic E-state index is -0.850. The molecule has 100 valence electrons. The Morgan fingerprint density at radius 1 is 1.50 bits per heavy atom. The number of hydrogen-bond donors (Lipinski definition) is 2. The number of aromatic nitrogens is 1. The van der Waals surface area contributed by atoms with Crippen molar-refractivity contribution in [2.75, 3.05) is 18.1 Å². The van der Waals surface area contributed by atoms with Gasteiger partial charge in [0.2, 0.25) is 0 Å². The van der Waals surface area contributed by atoms with Crippen LogP contribution >= 0.6 is 0 Å². The Kier molecular flexibility index (Phi) is 5.77. The quantitative estimate of drug-likeness (QED) is 0.854. The largest absolute Gasteiger partial charge is 0.338 e. The molecule has 5 nitrogen and oxygen atoms in total. The summed E-state index contributed by atoms with van der Waals surface area (Å²) in [6.07, 6.45) is 2.36. The monoisotopic (exact) mass is 269 g/mol. The minimum Gasteiger partial charge on any atom is -0.338 e. The summed E-state index contributed by atoms with van der Waals surface area (Å²) in [7, 11) is -0.850. The molecule has 1 aromatic rings. The maximum absolute atomic E-state index is 11.5. The molecule has 0 aliphatic heterocycles. The van der Waals surface area contributed by atoms with E-state index in [4.69, 9.17) is 0 Å². The maximum atomic E-state index is 11.5. The number of nitrogens with zero attached hydrogens (tertiary/aromatic N) is 1. The Bertz CT molecular complexity index is 437. The molecule has 0 saturated heterocycles. The van der Waals surface area contributed by atoms with E-state index in [0.717, 1.165) is 5.69 Å². The topological polar surface area (TPSA) is 71.1 Å². The number of aryl methyl sites for hydroxylation is 1. The Hall–Kier alpha value is -1.43. The van der Waals surface area contributed by atoms with E-state index in [0.29, 0.717) is 18.8 Å². The van der Waals surface area contributed by atoms with Gasteiger partial charge in [0.25, 0.3) is 0 Å². The number of pyridine rings is 1. The molecule has 1 aromatic heterocycles. The third kappa shape index (κ3) is 5.27. The number of rotatable bonds is 5. The number of anilines is 1. The lowest BCUT2D eigenvalue weighted by Gasteiger charge is -2.10. The zero-order chi connectivity index (χ0) is 13.5. The smallest absolute Gasteiger partial charge is 0.320 e. The molecule has 1 heterocycles. The van der Waals surface area contributed by atoms with E-state index in [-0.39, 0.29) is 11.3 Å². The summed E-state index contributed by atoms with van der Waals surface area (Å²) in [6.45, 7) is 4.26. The summed E-state index contributed by atoms with van der Waals surface area (Å²) < 4.78 is 11.1. The molecular formula is C12H19N3O2S. The fourth-order valence-corrected chi connectivity index (χ4v) is 1.78. The second kappa shape index (κ2) is 7.10. The molecule has 18 heavy (non-hydrogen) atoms. The molecule has 0 radical (unpaired) electrons. The van der Waals surface area contributed by atoms with Gasteiger partial charge in [0.1, 0.15) is 5.82 Å². The fourth-order valence-electron chi connectivity index (χ4n) is 1.33. The Balaban J connectivity index is 2.32. The first-order valence-corrected chi connectivity index (χ1v) is 7.42. The SMILES string of the molecule is Cc1cccc(NC(=O)NCC[C@@H](C)[S@](C)=O)n1. The van der Waals surface area contributed by atoms with E-state index in [2.05, 4.69) is 15.6 Å². The highest BCUT2D eigenvalue weighted by molar-refractivity contribution is 7.84. The molecule has 0 aromatic carbocycles. The lowest BCUT2D eigenvalue weighted by atomic mass is 10.3. The summed E-state index contributed by atoms with van der Waals surface area (Å²) >= 11 is 0. The predicted octanol–water partition coefficient (Wildman–Crippen LogP) is 1.67. The standard InChI is InChI=1S/C12H19N3O2S/c1-9-5-4-6-11(14-9)15-12(16)13-8-7-10(2)18(3)17/h4-6,10H,7-8H2,1-3H3,(H2,13,14,15,16)/t10-,18+/m1/s1. The summed E-state index contributed by atoms with van der Waals surface area (Å²) in [5.74, 6) is 0.527. The van der Waals surface area contributed by atoms with Gasteiger partial charge >= 0.3 is 6.03 Å². The number of nitrogens with one attached hydrogen (secondary N) is 2. The van der Waals surface area contributed by atoms with E-state index in [9.17, 15) is 9.00 Å². The van der Waals surface area contributed by atoms with Crippen LogP contribution in [0, 0.1) is 6.92 Å². The first kappa shape index (κ1) is 14.6. The van der Waals surface area contributed by atoms with Crippen LogP contribution < -0.4 is 10.6 Å². The lowest BCUT2D eigenvalue weighted by molar-refractivity contribution is 0.252. The van der Waals surface area contributed by atoms with Crippen molar-refractivity contribution in [2.24, 2.45) is 0 Å². The number of amides is 2. The molecule has 2 N–H and O–H groups in total. The zero-order valence-electron chi connectivity index (χ0n) is 10.9. The highest BCUT2D eigenvalue weighted by Crippen LogP contribution is 2.03. The molecule has 2 atom stereocenters. The molecule has 0 aliphatic carbocycles. The van der Waals surface area contributed by atoms with Gasteiger partial charge in [0.15, 0.2) is 0 Å². The highest BCUT2D eigenvalue weighted by Gasteiger charge is 2.07. The van der Waals surface area contributed by atoms with Crippen molar-refractivity contribution in [3.63, 3.8) is 0 Å². The molecule has 0 aliphatic rings. The molecule has 0 saturated carbocycles. The van der Waals surface area contributed by atoms with Crippen molar-refractivity contribution in [3.8, 4) is 0 Å². The van der Waals surface area contributed by atoms with Crippen LogP contribution in [0.15, 0.2) is 18.2 Å². The van der Waals surface area contributed by atoms with Crippen LogP contribution in [0.4, 0.5) is 10.6 Å². The number of carbonyl (C=O) groups excluding carboxylic acids is 1.